The highest BCUT2D eigenvalue weighted by Gasteiger charge is 2.11. The maximum atomic E-state index is 3.71. The third-order valence-electron chi connectivity index (χ3n) is 7.96. The Bertz CT molecular complexity index is 1870. The van der Waals surface area contributed by atoms with Crippen molar-refractivity contribution in [3.8, 4) is 5.69 Å². The summed E-state index contributed by atoms with van der Waals surface area (Å²) in [5, 5.41) is 9.58. The van der Waals surface area contributed by atoms with Crippen molar-refractivity contribution >= 4 is 33.1 Å². The first-order valence-corrected chi connectivity index (χ1v) is 14.6. The fourth-order valence-electron chi connectivity index (χ4n) is 5.78. The number of benzene rings is 5. The molecule has 204 valence electrons. The zero-order valence-corrected chi connectivity index (χ0v) is 23.5. The molecule has 1 aliphatic heterocycles. The number of dihydropyridines is 1. The number of rotatable bonds is 8. The van der Waals surface area contributed by atoms with Crippen LogP contribution >= 0.6 is 0 Å². The maximum absolute atomic E-state index is 3.71. The van der Waals surface area contributed by atoms with E-state index in [-0.39, 0.29) is 0 Å². The number of allylic oxidation sites excluding steroid dienone is 3. The standard InChI is InChI=1S/C39H33N3/c1-2-9-30(10-3-1)27-41-37(32-21-19-31(20-22-32)33-11-8-26-40-28-33)25-18-29-16-23-34(24-17-29)42-38-14-6-4-12-35(38)36-13-5-7-15-39(36)42/h1-17,19-25,28,40-41H,18,26-27H2/b37-25-. The Balaban J connectivity index is 1.16. The molecular formula is C39H33N3. The van der Waals surface area contributed by atoms with Crippen molar-refractivity contribution in [3.63, 3.8) is 0 Å². The van der Waals surface area contributed by atoms with Crippen LogP contribution in [0.3, 0.4) is 0 Å². The molecule has 0 bridgehead atoms. The lowest BCUT2D eigenvalue weighted by molar-refractivity contribution is 0.886. The Morgan fingerprint density at radius 1 is 0.690 bits per heavy atom. The van der Waals surface area contributed by atoms with Gasteiger partial charge in [0.1, 0.15) is 0 Å². The van der Waals surface area contributed by atoms with E-state index in [1.165, 1.54) is 55.3 Å². The molecule has 1 aromatic heterocycles. The van der Waals surface area contributed by atoms with Crippen molar-refractivity contribution in [2.75, 3.05) is 6.54 Å². The molecule has 2 N–H and O–H groups in total. The fourth-order valence-corrected chi connectivity index (χ4v) is 5.78. The molecule has 5 aromatic carbocycles. The van der Waals surface area contributed by atoms with Gasteiger partial charge in [0.2, 0.25) is 0 Å². The van der Waals surface area contributed by atoms with Gasteiger partial charge in [-0.2, -0.15) is 0 Å². The third-order valence-corrected chi connectivity index (χ3v) is 7.96. The molecule has 3 nitrogen and oxygen atoms in total. The van der Waals surface area contributed by atoms with Crippen molar-refractivity contribution in [1.82, 2.24) is 15.2 Å². The Kier molecular flexibility index (Phi) is 7.14. The van der Waals surface area contributed by atoms with Gasteiger partial charge in [0, 0.05) is 41.4 Å². The maximum Gasteiger partial charge on any atom is 0.0541 e. The van der Waals surface area contributed by atoms with E-state index in [1.807, 2.05) is 0 Å². The highest BCUT2D eigenvalue weighted by molar-refractivity contribution is 6.09. The summed E-state index contributed by atoms with van der Waals surface area (Å²) in [6.45, 7) is 1.66. The van der Waals surface area contributed by atoms with Crippen LogP contribution in [0.4, 0.5) is 0 Å². The third kappa shape index (κ3) is 5.25. The minimum atomic E-state index is 0.777. The monoisotopic (exact) mass is 543 g/mol. The molecule has 0 saturated carbocycles. The van der Waals surface area contributed by atoms with Gasteiger partial charge in [0.05, 0.1) is 11.0 Å². The molecule has 7 rings (SSSR count). The van der Waals surface area contributed by atoms with Crippen molar-refractivity contribution in [3.05, 3.63) is 174 Å². The first kappa shape index (κ1) is 25.7. The van der Waals surface area contributed by atoms with Crippen LogP contribution in [-0.4, -0.2) is 11.1 Å². The van der Waals surface area contributed by atoms with E-state index in [2.05, 4.69) is 167 Å². The minimum Gasteiger partial charge on any atom is -0.387 e. The van der Waals surface area contributed by atoms with Gasteiger partial charge < -0.3 is 15.2 Å². The van der Waals surface area contributed by atoms with E-state index in [9.17, 15) is 0 Å². The van der Waals surface area contributed by atoms with Crippen molar-refractivity contribution < 1.29 is 0 Å². The van der Waals surface area contributed by atoms with Crippen LogP contribution < -0.4 is 10.6 Å². The van der Waals surface area contributed by atoms with Gasteiger partial charge in [-0.25, -0.2) is 0 Å². The van der Waals surface area contributed by atoms with Crippen LogP contribution in [0.5, 0.6) is 0 Å². The zero-order valence-electron chi connectivity index (χ0n) is 23.5. The van der Waals surface area contributed by atoms with Crippen molar-refractivity contribution in [1.29, 1.82) is 0 Å². The summed E-state index contributed by atoms with van der Waals surface area (Å²) in [5.41, 5.74) is 10.9. The van der Waals surface area contributed by atoms with E-state index in [4.69, 9.17) is 0 Å². The van der Waals surface area contributed by atoms with E-state index in [0.29, 0.717) is 0 Å². The highest BCUT2D eigenvalue weighted by Crippen LogP contribution is 2.32. The number of fused-ring (bicyclic) bond motifs is 3. The van der Waals surface area contributed by atoms with Gasteiger partial charge in [0.25, 0.3) is 0 Å². The number of nitrogens with zero attached hydrogens (tertiary/aromatic N) is 1. The zero-order chi connectivity index (χ0) is 28.1. The van der Waals surface area contributed by atoms with Gasteiger partial charge in [0.15, 0.2) is 0 Å². The van der Waals surface area contributed by atoms with E-state index in [1.54, 1.807) is 0 Å². The molecule has 0 amide bonds. The van der Waals surface area contributed by atoms with Crippen molar-refractivity contribution in [2.24, 2.45) is 0 Å². The van der Waals surface area contributed by atoms with Crippen LogP contribution in [0.1, 0.15) is 22.3 Å². The molecule has 0 aliphatic carbocycles. The second kappa shape index (κ2) is 11.7. The molecule has 0 saturated heterocycles. The fraction of sp³-hybridized carbons (Fsp3) is 0.0769. The van der Waals surface area contributed by atoms with E-state index in [0.717, 1.165) is 25.2 Å². The normalized spacial score (nSPS) is 13.2. The van der Waals surface area contributed by atoms with E-state index < -0.39 is 0 Å². The van der Waals surface area contributed by atoms with Gasteiger partial charge >= 0.3 is 0 Å². The summed E-state index contributed by atoms with van der Waals surface area (Å²) in [6.07, 6.45) is 9.57. The number of para-hydroxylation sites is 2. The predicted octanol–water partition coefficient (Wildman–Crippen LogP) is 8.66. The number of aromatic nitrogens is 1. The Hall–Kier alpha value is -5.28. The van der Waals surface area contributed by atoms with Crippen LogP contribution in [0.2, 0.25) is 0 Å². The predicted molar refractivity (Wildman–Crippen MR) is 177 cm³/mol. The molecule has 6 aromatic rings. The molecule has 0 spiro atoms. The lowest BCUT2D eigenvalue weighted by atomic mass is 10.0. The van der Waals surface area contributed by atoms with Crippen LogP contribution in [0.15, 0.2) is 152 Å². The molecule has 0 radical (unpaired) electrons. The Morgan fingerprint density at radius 2 is 1.36 bits per heavy atom. The second-order valence-electron chi connectivity index (χ2n) is 10.7. The average Bonchev–Trinajstić information content (AvgIpc) is 3.40. The average molecular weight is 544 g/mol. The number of hydrogen-bond acceptors (Lipinski definition) is 2. The molecule has 0 unspecified atom stereocenters. The second-order valence-corrected chi connectivity index (χ2v) is 10.7. The van der Waals surface area contributed by atoms with Gasteiger partial charge in [-0.05, 0) is 58.5 Å². The van der Waals surface area contributed by atoms with Gasteiger partial charge in [-0.3, -0.25) is 0 Å². The van der Waals surface area contributed by atoms with Gasteiger partial charge in [-0.15, -0.1) is 0 Å². The molecule has 3 heteroatoms. The summed E-state index contributed by atoms with van der Waals surface area (Å²) in [7, 11) is 0. The first-order valence-electron chi connectivity index (χ1n) is 14.6. The molecular weight excluding hydrogens is 510 g/mol. The summed E-state index contributed by atoms with van der Waals surface area (Å²) in [6, 6.07) is 45.7. The molecule has 42 heavy (non-hydrogen) atoms. The Labute approximate surface area is 247 Å². The summed E-state index contributed by atoms with van der Waals surface area (Å²) in [5.74, 6) is 0. The summed E-state index contributed by atoms with van der Waals surface area (Å²) in [4.78, 5) is 0. The molecule has 0 fully saturated rings. The van der Waals surface area contributed by atoms with Crippen LogP contribution in [0.25, 0.3) is 38.8 Å². The SMILES string of the molecule is C1=CC(c2ccc(/C(=C/Cc3ccc(-n4c5ccccc5c5ccccc54)cc3)NCc3ccccc3)cc2)=CNC1. The molecule has 0 atom stereocenters. The largest absolute Gasteiger partial charge is 0.387 e. The quantitative estimate of drug-likeness (QED) is 0.201. The lowest BCUT2D eigenvalue weighted by Gasteiger charge is -2.14. The Morgan fingerprint density at radius 3 is 2.02 bits per heavy atom. The van der Waals surface area contributed by atoms with Gasteiger partial charge in [-0.1, -0.05) is 121 Å². The summed E-state index contributed by atoms with van der Waals surface area (Å²) >= 11 is 0. The van der Waals surface area contributed by atoms with Crippen LogP contribution in [0, 0.1) is 0 Å². The summed E-state index contributed by atoms with van der Waals surface area (Å²) < 4.78 is 2.37. The highest BCUT2D eigenvalue weighted by atomic mass is 15.0. The minimum absolute atomic E-state index is 0.777. The van der Waals surface area contributed by atoms with Crippen molar-refractivity contribution in [2.45, 2.75) is 13.0 Å². The molecule has 2 heterocycles. The molecule has 1 aliphatic rings. The smallest absolute Gasteiger partial charge is 0.0541 e. The first-order chi connectivity index (χ1) is 20.8. The van der Waals surface area contributed by atoms with Crippen LogP contribution in [-0.2, 0) is 13.0 Å². The lowest BCUT2D eigenvalue weighted by Crippen LogP contribution is -2.12. The number of hydrogen-bond donors (Lipinski definition) is 2. The topological polar surface area (TPSA) is 29.0 Å². The number of nitrogens with one attached hydrogen (secondary N) is 2. The van der Waals surface area contributed by atoms with E-state index >= 15 is 0 Å².